The minimum absolute atomic E-state index is 0.00132. The molecule has 0 bridgehead atoms. The third kappa shape index (κ3) is 6.59. The predicted octanol–water partition coefficient (Wildman–Crippen LogP) is 2.80. The first-order chi connectivity index (χ1) is 10.1. The van der Waals surface area contributed by atoms with Crippen LogP contribution in [-0.2, 0) is 4.79 Å². The fraction of sp³-hybridized carbons (Fsp3) is 0.867. The van der Waals surface area contributed by atoms with Crippen LogP contribution in [0.4, 0.5) is 4.79 Å². The number of thioether (sulfide) groups is 1. The molecule has 0 saturated carbocycles. The molecule has 122 valence electrons. The highest BCUT2D eigenvalue weighted by atomic mass is 32.2. The molecule has 2 amide bonds. The van der Waals surface area contributed by atoms with Crippen molar-refractivity contribution in [2.45, 2.75) is 51.5 Å². The van der Waals surface area contributed by atoms with Gasteiger partial charge in [0.2, 0.25) is 0 Å². The van der Waals surface area contributed by atoms with E-state index in [2.05, 4.69) is 11.6 Å². The number of likely N-dealkylation sites (tertiary alicyclic amines) is 1. The topological polar surface area (TPSA) is 69.6 Å². The fourth-order valence-corrected chi connectivity index (χ4v) is 3.21. The van der Waals surface area contributed by atoms with Crippen LogP contribution in [0.3, 0.4) is 0 Å². The van der Waals surface area contributed by atoms with Gasteiger partial charge < -0.3 is 15.3 Å². The van der Waals surface area contributed by atoms with Crippen LogP contribution in [0, 0.1) is 5.92 Å². The molecule has 0 spiro atoms. The van der Waals surface area contributed by atoms with Gasteiger partial charge >= 0.3 is 12.0 Å². The lowest BCUT2D eigenvalue weighted by Gasteiger charge is -2.36. The standard InChI is InChI=1S/C15H28N2O3S/c1-12-11-13(14(18)19)7-9-17(12)15(20)16-8-5-3-4-6-10-21-2/h12-13H,3-11H2,1-2H3,(H,16,20)(H,18,19). The normalized spacial score (nSPS) is 22.1. The largest absolute Gasteiger partial charge is 0.481 e. The van der Waals surface area contributed by atoms with Gasteiger partial charge in [0, 0.05) is 19.1 Å². The molecule has 21 heavy (non-hydrogen) atoms. The van der Waals surface area contributed by atoms with Gasteiger partial charge in [-0.15, -0.1) is 0 Å². The maximum absolute atomic E-state index is 12.1. The van der Waals surface area contributed by atoms with Crippen LogP contribution in [0.15, 0.2) is 0 Å². The Bertz CT molecular complexity index is 339. The van der Waals surface area contributed by atoms with E-state index in [1.165, 1.54) is 18.6 Å². The Morgan fingerprint density at radius 3 is 2.62 bits per heavy atom. The van der Waals surface area contributed by atoms with E-state index in [0.717, 1.165) is 12.8 Å². The molecule has 2 N–H and O–H groups in total. The van der Waals surface area contributed by atoms with Crippen molar-refractivity contribution in [3.63, 3.8) is 0 Å². The number of rotatable bonds is 8. The lowest BCUT2D eigenvalue weighted by Crippen LogP contribution is -2.50. The third-order valence-corrected chi connectivity index (χ3v) is 4.73. The van der Waals surface area contributed by atoms with E-state index in [1.54, 1.807) is 4.90 Å². The first-order valence-corrected chi connectivity index (χ1v) is 9.21. The van der Waals surface area contributed by atoms with Crippen LogP contribution in [0.1, 0.15) is 45.4 Å². The van der Waals surface area contributed by atoms with Crippen molar-refractivity contribution in [1.29, 1.82) is 0 Å². The van der Waals surface area contributed by atoms with Crippen molar-refractivity contribution < 1.29 is 14.7 Å². The molecule has 1 rings (SSSR count). The molecule has 5 nitrogen and oxygen atoms in total. The van der Waals surface area contributed by atoms with Crippen LogP contribution in [0.5, 0.6) is 0 Å². The molecular weight excluding hydrogens is 288 g/mol. The fourth-order valence-electron chi connectivity index (χ4n) is 2.72. The summed E-state index contributed by atoms with van der Waals surface area (Å²) in [6.07, 6.45) is 7.86. The van der Waals surface area contributed by atoms with E-state index in [1.807, 2.05) is 18.7 Å². The number of carboxylic acid groups (broad SMARTS) is 1. The van der Waals surface area contributed by atoms with Gasteiger partial charge in [0.1, 0.15) is 0 Å². The average molecular weight is 316 g/mol. The van der Waals surface area contributed by atoms with Crippen molar-refractivity contribution in [1.82, 2.24) is 10.2 Å². The van der Waals surface area contributed by atoms with Crippen molar-refractivity contribution in [3.8, 4) is 0 Å². The minimum Gasteiger partial charge on any atom is -0.481 e. The van der Waals surface area contributed by atoms with Gasteiger partial charge in [-0.1, -0.05) is 12.8 Å². The summed E-state index contributed by atoms with van der Waals surface area (Å²) in [7, 11) is 0. The molecule has 0 aromatic carbocycles. The second-order valence-corrected chi connectivity index (χ2v) is 6.73. The van der Waals surface area contributed by atoms with Crippen LogP contribution in [0.2, 0.25) is 0 Å². The Morgan fingerprint density at radius 2 is 2.00 bits per heavy atom. The zero-order valence-corrected chi connectivity index (χ0v) is 14.0. The van der Waals surface area contributed by atoms with Gasteiger partial charge in [-0.05, 0) is 44.6 Å². The highest BCUT2D eigenvalue weighted by molar-refractivity contribution is 7.98. The van der Waals surface area contributed by atoms with Crippen LogP contribution in [0.25, 0.3) is 0 Å². The Morgan fingerprint density at radius 1 is 1.29 bits per heavy atom. The quantitative estimate of drug-likeness (QED) is 0.676. The zero-order chi connectivity index (χ0) is 15.7. The predicted molar refractivity (Wildman–Crippen MR) is 86.8 cm³/mol. The molecule has 1 aliphatic heterocycles. The van der Waals surface area contributed by atoms with Gasteiger partial charge in [-0.2, -0.15) is 11.8 Å². The highest BCUT2D eigenvalue weighted by Gasteiger charge is 2.31. The monoisotopic (exact) mass is 316 g/mol. The van der Waals surface area contributed by atoms with Gasteiger partial charge in [-0.3, -0.25) is 4.79 Å². The van der Waals surface area contributed by atoms with E-state index in [0.29, 0.717) is 25.9 Å². The number of amides is 2. The molecule has 1 heterocycles. The lowest BCUT2D eigenvalue weighted by molar-refractivity contribution is -0.143. The number of piperidine rings is 1. The maximum atomic E-state index is 12.1. The second-order valence-electron chi connectivity index (χ2n) is 5.74. The molecule has 0 aliphatic carbocycles. The summed E-state index contributed by atoms with van der Waals surface area (Å²) in [5.74, 6) is 0.162. The third-order valence-electron chi connectivity index (χ3n) is 4.04. The number of carboxylic acids is 1. The molecule has 1 aliphatic rings. The smallest absolute Gasteiger partial charge is 0.317 e. The summed E-state index contributed by atoms with van der Waals surface area (Å²) in [4.78, 5) is 24.8. The molecule has 1 saturated heterocycles. The first kappa shape index (κ1) is 18.1. The number of hydrogen-bond acceptors (Lipinski definition) is 3. The summed E-state index contributed by atoms with van der Waals surface area (Å²) >= 11 is 1.87. The number of aliphatic carboxylic acids is 1. The molecule has 0 aromatic heterocycles. The number of nitrogens with zero attached hydrogens (tertiary/aromatic N) is 1. The average Bonchev–Trinajstić information content (AvgIpc) is 2.45. The minimum atomic E-state index is -0.743. The van der Waals surface area contributed by atoms with E-state index < -0.39 is 5.97 Å². The van der Waals surface area contributed by atoms with Crippen LogP contribution in [-0.4, -0.2) is 53.1 Å². The maximum Gasteiger partial charge on any atom is 0.317 e. The van der Waals surface area contributed by atoms with E-state index in [-0.39, 0.29) is 18.0 Å². The van der Waals surface area contributed by atoms with E-state index in [4.69, 9.17) is 5.11 Å². The van der Waals surface area contributed by atoms with Crippen LogP contribution >= 0.6 is 11.8 Å². The van der Waals surface area contributed by atoms with Crippen molar-refractivity contribution >= 4 is 23.8 Å². The Balaban J connectivity index is 2.16. The van der Waals surface area contributed by atoms with Crippen molar-refractivity contribution in [2.75, 3.05) is 25.1 Å². The number of urea groups is 1. The van der Waals surface area contributed by atoms with Gasteiger partial charge in [0.05, 0.1) is 5.92 Å². The number of nitrogens with one attached hydrogen (secondary N) is 1. The molecule has 2 unspecified atom stereocenters. The summed E-state index contributed by atoms with van der Waals surface area (Å²) in [5, 5.41) is 12.0. The number of carbonyl (C=O) groups excluding carboxylic acids is 1. The molecule has 2 atom stereocenters. The highest BCUT2D eigenvalue weighted by Crippen LogP contribution is 2.22. The second kappa shape index (κ2) is 9.92. The van der Waals surface area contributed by atoms with Crippen molar-refractivity contribution in [2.24, 2.45) is 5.92 Å². The molecule has 0 radical (unpaired) electrons. The number of unbranched alkanes of at least 4 members (excludes halogenated alkanes) is 3. The van der Waals surface area contributed by atoms with Gasteiger partial charge in [0.25, 0.3) is 0 Å². The van der Waals surface area contributed by atoms with Crippen LogP contribution < -0.4 is 5.32 Å². The summed E-state index contributed by atoms with van der Waals surface area (Å²) in [6.45, 7) is 3.18. The van der Waals surface area contributed by atoms with Crippen molar-refractivity contribution in [3.05, 3.63) is 0 Å². The first-order valence-electron chi connectivity index (χ1n) is 7.82. The summed E-state index contributed by atoms with van der Waals surface area (Å²) in [5.41, 5.74) is 0. The summed E-state index contributed by atoms with van der Waals surface area (Å²) in [6, 6.07) is -0.0446. The van der Waals surface area contributed by atoms with E-state index in [9.17, 15) is 9.59 Å². The Hall–Kier alpha value is -0.910. The Labute approximate surface area is 131 Å². The zero-order valence-electron chi connectivity index (χ0n) is 13.1. The molecule has 6 heteroatoms. The SMILES string of the molecule is CSCCCCCCNC(=O)N1CCC(C(=O)O)CC1C. The van der Waals surface area contributed by atoms with Gasteiger partial charge in [-0.25, -0.2) is 4.79 Å². The number of hydrogen-bond donors (Lipinski definition) is 2. The van der Waals surface area contributed by atoms with Gasteiger partial charge in [0.15, 0.2) is 0 Å². The molecule has 0 aromatic rings. The lowest BCUT2D eigenvalue weighted by atomic mass is 9.92. The summed E-state index contributed by atoms with van der Waals surface area (Å²) < 4.78 is 0. The van der Waals surface area contributed by atoms with E-state index >= 15 is 0 Å². The Kier molecular flexibility index (Phi) is 8.57. The molecule has 1 fully saturated rings. The number of carbonyl (C=O) groups is 2. The molecular formula is C15H28N2O3S.